The summed E-state index contributed by atoms with van der Waals surface area (Å²) in [5.41, 5.74) is 0. The van der Waals surface area contributed by atoms with Crippen molar-refractivity contribution >= 4 is 17.8 Å². The molecule has 0 aliphatic carbocycles. The minimum atomic E-state index is 0.524. The lowest BCUT2D eigenvalue weighted by Gasteiger charge is -2.13. The third-order valence-corrected chi connectivity index (χ3v) is 2.60. The Balaban J connectivity index is 2.00. The highest BCUT2D eigenvalue weighted by Crippen LogP contribution is 2.11. The topological polar surface area (TPSA) is 105 Å². The first kappa shape index (κ1) is 14.9. The molecule has 0 amide bonds. The van der Waals surface area contributed by atoms with Gasteiger partial charge in [0.15, 0.2) is 5.82 Å². The molecule has 0 atom stereocenters. The Kier molecular flexibility index (Phi) is 5.24. The molecule has 2 rings (SSSR count). The molecule has 0 spiro atoms. The monoisotopic (exact) mass is 292 g/mol. The van der Waals surface area contributed by atoms with Crippen LogP contribution in [-0.4, -0.2) is 52.3 Å². The number of aromatic nitrogens is 5. The van der Waals surface area contributed by atoms with Crippen LogP contribution in [0.25, 0.3) is 0 Å². The second kappa shape index (κ2) is 7.36. The summed E-state index contributed by atoms with van der Waals surface area (Å²) in [6, 6.07) is 0. The van der Waals surface area contributed by atoms with Gasteiger partial charge in [0.2, 0.25) is 24.2 Å². The normalized spacial score (nSPS) is 10.4. The molecule has 21 heavy (non-hydrogen) atoms. The van der Waals surface area contributed by atoms with Crippen LogP contribution in [0, 0.1) is 0 Å². The highest BCUT2D eigenvalue weighted by atomic mass is 16.5. The van der Waals surface area contributed by atoms with Gasteiger partial charge in [-0.25, -0.2) is 0 Å². The van der Waals surface area contributed by atoms with Crippen LogP contribution in [0.5, 0.6) is 0 Å². The molecule has 2 aromatic heterocycles. The van der Waals surface area contributed by atoms with Crippen molar-refractivity contribution in [2.75, 3.05) is 42.7 Å². The molecule has 0 aliphatic heterocycles. The van der Waals surface area contributed by atoms with E-state index in [2.05, 4.69) is 47.2 Å². The Morgan fingerprint density at radius 3 is 2.38 bits per heavy atom. The molecular formula is C12H20N8O. The third-order valence-electron chi connectivity index (χ3n) is 2.60. The molecule has 2 N–H and O–H groups in total. The number of anilines is 3. The Bertz CT molecular complexity index is 542. The van der Waals surface area contributed by atoms with Crippen molar-refractivity contribution in [3.05, 3.63) is 12.2 Å². The zero-order valence-corrected chi connectivity index (χ0v) is 12.5. The molecule has 0 saturated heterocycles. The van der Waals surface area contributed by atoms with Crippen molar-refractivity contribution in [2.24, 2.45) is 0 Å². The zero-order chi connectivity index (χ0) is 15.1. The van der Waals surface area contributed by atoms with Gasteiger partial charge in [0.05, 0.1) is 0 Å². The van der Waals surface area contributed by atoms with Crippen LogP contribution in [0.1, 0.15) is 19.2 Å². The standard InChI is InChI=1S/C12H20N8O/c1-4-6-13-10-16-11(18-12(17-10)20(2)3)14-7-5-9-15-8-21-19-9/h8H,4-7H2,1-3H3,(H2,13,14,16,17,18). The maximum atomic E-state index is 4.68. The van der Waals surface area contributed by atoms with Crippen molar-refractivity contribution in [3.63, 3.8) is 0 Å². The van der Waals surface area contributed by atoms with E-state index in [1.807, 2.05) is 19.0 Å². The van der Waals surface area contributed by atoms with Crippen LogP contribution >= 0.6 is 0 Å². The number of hydrogen-bond donors (Lipinski definition) is 2. The van der Waals surface area contributed by atoms with Gasteiger partial charge in [-0.1, -0.05) is 12.1 Å². The Morgan fingerprint density at radius 1 is 1.10 bits per heavy atom. The van der Waals surface area contributed by atoms with Crippen LogP contribution in [0.2, 0.25) is 0 Å². The number of rotatable bonds is 8. The van der Waals surface area contributed by atoms with Crippen LogP contribution in [0.3, 0.4) is 0 Å². The van der Waals surface area contributed by atoms with Crippen LogP contribution in [0.15, 0.2) is 10.9 Å². The van der Waals surface area contributed by atoms with Crippen LogP contribution < -0.4 is 15.5 Å². The predicted octanol–water partition coefficient (Wildman–Crippen LogP) is 0.797. The maximum Gasteiger partial charge on any atom is 0.231 e. The second-order valence-corrected chi connectivity index (χ2v) is 4.63. The van der Waals surface area contributed by atoms with Gasteiger partial charge in [-0.05, 0) is 6.42 Å². The molecule has 0 aliphatic rings. The lowest BCUT2D eigenvalue weighted by atomic mass is 10.4. The number of nitrogens with zero attached hydrogens (tertiary/aromatic N) is 6. The molecule has 0 unspecified atom stereocenters. The summed E-state index contributed by atoms with van der Waals surface area (Å²) in [5.74, 6) is 2.34. The molecule has 9 nitrogen and oxygen atoms in total. The molecule has 0 fully saturated rings. The molecule has 2 heterocycles. The first-order valence-electron chi connectivity index (χ1n) is 6.85. The van der Waals surface area contributed by atoms with E-state index in [0.717, 1.165) is 13.0 Å². The molecule has 0 bridgehead atoms. The first-order chi connectivity index (χ1) is 10.2. The third kappa shape index (κ3) is 4.55. The highest BCUT2D eigenvalue weighted by molar-refractivity contribution is 5.42. The summed E-state index contributed by atoms with van der Waals surface area (Å²) in [6.45, 7) is 3.52. The number of nitrogens with one attached hydrogen (secondary N) is 2. The highest BCUT2D eigenvalue weighted by Gasteiger charge is 2.08. The molecule has 0 radical (unpaired) electrons. The lowest BCUT2D eigenvalue weighted by molar-refractivity contribution is 0.410. The second-order valence-electron chi connectivity index (χ2n) is 4.63. The average Bonchev–Trinajstić information content (AvgIpc) is 2.98. The summed E-state index contributed by atoms with van der Waals surface area (Å²) in [7, 11) is 3.78. The van der Waals surface area contributed by atoms with Gasteiger partial charge in [-0.15, -0.1) is 0 Å². The van der Waals surface area contributed by atoms with Gasteiger partial charge >= 0.3 is 0 Å². The van der Waals surface area contributed by atoms with E-state index in [9.17, 15) is 0 Å². The maximum absolute atomic E-state index is 4.68. The quantitative estimate of drug-likeness (QED) is 0.730. The summed E-state index contributed by atoms with van der Waals surface area (Å²) < 4.78 is 4.68. The van der Waals surface area contributed by atoms with Crippen molar-refractivity contribution in [1.29, 1.82) is 0 Å². The van der Waals surface area contributed by atoms with E-state index < -0.39 is 0 Å². The predicted molar refractivity (Wildman–Crippen MR) is 79.4 cm³/mol. The molecule has 0 saturated carbocycles. The van der Waals surface area contributed by atoms with Gasteiger partial charge in [-0.2, -0.15) is 19.9 Å². The van der Waals surface area contributed by atoms with Crippen molar-refractivity contribution in [3.8, 4) is 0 Å². The van der Waals surface area contributed by atoms with Crippen LogP contribution in [0.4, 0.5) is 17.8 Å². The summed E-state index contributed by atoms with van der Waals surface area (Å²) in [4.78, 5) is 18.8. The fourth-order valence-corrected chi connectivity index (χ4v) is 1.55. The fraction of sp³-hybridized carbons (Fsp3) is 0.583. The minimum Gasteiger partial charge on any atom is -0.354 e. The van der Waals surface area contributed by atoms with Gasteiger partial charge in [-0.3, -0.25) is 0 Å². The van der Waals surface area contributed by atoms with E-state index in [4.69, 9.17) is 0 Å². The minimum absolute atomic E-state index is 0.524. The lowest BCUT2D eigenvalue weighted by Crippen LogP contribution is -2.18. The Labute approximate surface area is 123 Å². The Hall–Kier alpha value is -2.45. The average molecular weight is 292 g/mol. The van der Waals surface area contributed by atoms with Crippen LogP contribution in [-0.2, 0) is 6.42 Å². The molecule has 0 aromatic carbocycles. The smallest absolute Gasteiger partial charge is 0.231 e. The summed E-state index contributed by atoms with van der Waals surface area (Å²) >= 11 is 0. The van der Waals surface area contributed by atoms with Gasteiger partial charge in [0.25, 0.3) is 0 Å². The molecule has 9 heteroatoms. The van der Waals surface area contributed by atoms with E-state index in [0.29, 0.717) is 36.6 Å². The van der Waals surface area contributed by atoms with E-state index in [1.165, 1.54) is 6.39 Å². The van der Waals surface area contributed by atoms with Gasteiger partial charge < -0.3 is 20.1 Å². The largest absolute Gasteiger partial charge is 0.354 e. The van der Waals surface area contributed by atoms with E-state index in [1.54, 1.807) is 0 Å². The van der Waals surface area contributed by atoms with E-state index in [-0.39, 0.29) is 0 Å². The van der Waals surface area contributed by atoms with Crippen molar-refractivity contribution in [2.45, 2.75) is 19.8 Å². The molecule has 114 valence electrons. The van der Waals surface area contributed by atoms with Gasteiger partial charge in [0.1, 0.15) is 0 Å². The SMILES string of the molecule is CCCNc1nc(NCCc2ncon2)nc(N(C)C)n1. The van der Waals surface area contributed by atoms with E-state index >= 15 is 0 Å². The van der Waals surface area contributed by atoms with Crippen molar-refractivity contribution in [1.82, 2.24) is 25.1 Å². The number of hydrogen-bond acceptors (Lipinski definition) is 9. The zero-order valence-electron chi connectivity index (χ0n) is 12.5. The Morgan fingerprint density at radius 2 is 1.81 bits per heavy atom. The van der Waals surface area contributed by atoms with Gasteiger partial charge in [0, 0.05) is 33.6 Å². The molecular weight excluding hydrogens is 272 g/mol. The van der Waals surface area contributed by atoms with Crippen molar-refractivity contribution < 1.29 is 4.52 Å². The summed E-state index contributed by atoms with van der Waals surface area (Å²) in [6.07, 6.45) is 2.95. The molecule has 2 aromatic rings. The first-order valence-corrected chi connectivity index (χ1v) is 6.85. The summed E-state index contributed by atoms with van der Waals surface area (Å²) in [5, 5.41) is 10.1. The fourth-order valence-electron chi connectivity index (χ4n) is 1.55.